The van der Waals surface area contributed by atoms with E-state index in [9.17, 15) is 0 Å². The normalized spacial score (nSPS) is 14.8. The molecule has 0 heterocycles. The van der Waals surface area contributed by atoms with E-state index in [1.54, 1.807) is 7.11 Å². The van der Waals surface area contributed by atoms with Gasteiger partial charge in [-0.3, -0.25) is 0 Å². The molecular formula is C14H23NO. The molecule has 1 aromatic carbocycles. The summed E-state index contributed by atoms with van der Waals surface area (Å²) in [6.07, 6.45) is 0.241. The second kappa shape index (κ2) is 6.02. The summed E-state index contributed by atoms with van der Waals surface area (Å²) < 4.78 is 5.29. The first kappa shape index (κ1) is 13.2. The van der Waals surface area contributed by atoms with Gasteiger partial charge in [0.2, 0.25) is 0 Å². The monoisotopic (exact) mass is 221 g/mol. The molecule has 0 amide bonds. The zero-order chi connectivity index (χ0) is 12.1. The fraction of sp³-hybridized carbons (Fsp3) is 0.571. The lowest BCUT2D eigenvalue weighted by atomic mass is 10.1. The van der Waals surface area contributed by atoms with Crippen LogP contribution in [0, 0.1) is 13.8 Å². The van der Waals surface area contributed by atoms with Gasteiger partial charge >= 0.3 is 0 Å². The number of ether oxygens (including phenoxy) is 1. The van der Waals surface area contributed by atoms with Crippen LogP contribution in [0.15, 0.2) is 18.2 Å². The molecule has 0 aliphatic carbocycles. The largest absolute Gasteiger partial charge is 0.380 e. The molecule has 2 unspecified atom stereocenters. The fourth-order valence-electron chi connectivity index (χ4n) is 1.69. The van der Waals surface area contributed by atoms with Crippen molar-refractivity contribution in [3.63, 3.8) is 0 Å². The zero-order valence-electron chi connectivity index (χ0n) is 11.0. The van der Waals surface area contributed by atoms with Gasteiger partial charge in [-0.05, 0) is 38.8 Å². The Hall–Kier alpha value is -0.860. The molecule has 90 valence electrons. The van der Waals surface area contributed by atoms with E-state index in [0.717, 1.165) is 6.54 Å². The maximum atomic E-state index is 5.29. The maximum Gasteiger partial charge on any atom is 0.0693 e. The van der Waals surface area contributed by atoms with Gasteiger partial charge in [0.25, 0.3) is 0 Å². The minimum absolute atomic E-state index is 0.241. The van der Waals surface area contributed by atoms with Crippen molar-refractivity contribution in [1.82, 2.24) is 5.32 Å². The number of rotatable bonds is 5. The number of hydrogen-bond acceptors (Lipinski definition) is 2. The Bertz CT molecular complexity index is 336. The van der Waals surface area contributed by atoms with Crippen LogP contribution in [-0.4, -0.2) is 19.3 Å². The molecule has 0 saturated carbocycles. The van der Waals surface area contributed by atoms with Gasteiger partial charge in [0.05, 0.1) is 6.10 Å². The highest BCUT2D eigenvalue weighted by Crippen LogP contribution is 2.10. The first-order valence-electron chi connectivity index (χ1n) is 5.87. The van der Waals surface area contributed by atoms with E-state index in [-0.39, 0.29) is 6.10 Å². The molecule has 1 N–H and O–H groups in total. The third-order valence-corrected chi connectivity index (χ3v) is 3.19. The summed E-state index contributed by atoms with van der Waals surface area (Å²) >= 11 is 0. The molecule has 0 saturated heterocycles. The summed E-state index contributed by atoms with van der Waals surface area (Å²) in [6, 6.07) is 6.95. The van der Waals surface area contributed by atoms with Crippen LogP contribution in [0.5, 0.6) is 0 Å². The molecular weight excluding hydrogens is 198 g/mol. The van der Waals surface area contributed by atoms with Crippen molar-refractivity contribution in [2.75, 3.05) is 7.11 Å². The SMILES string of the molecule is COC(C)C(C)NCc1ccc(C)cc1C. The molecule has 2 heteroatoms. The molecule has 0 bridgehead atoms. The second-order valence-corrected chi connectivity index (χ2v) is 4.54. The van der Waals surface area contributed by atoms with Gasteiger partial charge in [-0.2, -0.15) is 0 Å². The van der Waals surface area contributed by atoms with Gasteiger partial charge in [-0.15, -0.1) is 0 Å². The van der Waals surface area contributed by atoms with Crippen LogP contribution in [0.3, 0.4) is 0 Å². The minimum Gasteiger partial charge on any atom is -0.380 e. The van der Waals surface area contributed by atoms with Gasteiger partial charge < -0.3 is 10.1 Å². The third kappa shape index (κ3) is 3.62. The Balaban J connectivity index is 2.54. The Morgan fingerprint density at radius 2 is 1.94 bits per heavy atom. The molecule has 0 radical (unpaired) electrons. The van der Waals surface area contributed by atoms with E-state index in [1.165, 1.54) is 16.7 Å². The quantitative estimate of drug-likeness (QED) is 0.825. The highest BCUT2D eigenvalue weighted by Gasteiger charge is 2.10. The molecule has 1 aromatic rings. The molecule has 2 nitrogen and oxygen atoms in total. The van der Waals surface area contributed by atoms with E-state index < -0.39 is 0 Å². The summed E-state index contributed by atoms with van der Waals surface area (Å²) in [5, 5.41) is 3.48. The number of nitrogens with one attached hydrogen (secondary N) is 1. The van der Waals surface area contributed by atoms with Crippen LogP contribution in [0.25, 0.3) is 0 Å². The maximum absolute atomic E-state index is 5.29. The lowest BCUT2D eigenvalue weighted by molar-refractivity contribution is 0.0882. The summed E-state index contributed by atoms with van der Waals surface area (Å²) in [5.74, 6) is 0. The Morgan fingerprint density at radius 1 is 1.25 bits per heavy atom. The minimum atomic E-state index is 0.241. The van der Waals surface area contributed by atoms with Crippen LogP contribution in [0.4, 0.5) is 0 Å². The molecule has 16 heavy (non-hydrogen) atoms. The summed E-state index contributed by atoms with van der Waals surface area (Å²) in [6.45, 7) is 9.42. The summed E-state index contributed by atoms with van der Waals surface area (Å²) in [5.41, 5.74) is 4.03. The van der Waals surface area contributed by atoms with Crippen LogP contribution < -0.4 is 5.32 Å². The Kier molecular flexibility index (Phi) is 4.97. The van der Waals surface area contributed by atoms with Crippen LogP contribution in [0.1, 0.15) is 30.5 Å². The highest BCUT2D eigenvalue weighted by atomic mass is 16.5. The lowest BCUT2D eigenvalue weighted by Gasteiger charge is -2.20. The van der Waals surface area contributed by atoms with E-state index in [2.05, 4.69) is 51.2 Å². The van der Waals surface area contributed by atoms with Crippen molar-refractivity contribution in [3.8, 4) is 0 Å². The van der Waals surface area contributed by atoms with Gasteiger partial charge in [-0.25, -0.2) is 0 Å². The molecule has 0 aromatic heterocycles. The molecule has 0 aliphatic heterocycles. The smallest absolute Gasteiger partial charge is 0.0693 e. The van der Waals surface area contributed by atoms with Gasteiger partial charge in [0.15, 0.2) is 0 Å². The molecule has 1 rings (SSSR count). The van der Waals surface area contributed by atoms with E-state index in [0.29, 0.717) is 6.04 Å². The molecule has 0 fully saturated rings. The topological polar surface area (TPSA) is 21.3 Å². The second-order valence-electron chi connectivity index (χ2n) is 4.54. The first-order chi connectivity index (χ1) is 7.54. The van der Waals surface area contributed by atoms with Crippen molar-refractivity contribution >= 4 is 0 Å². The van der Waals surface area contributed by atoms with Crippen molar-refractivity contribution < 1.29 is 4.74 Å². The van der Waals surface area contributed by atoms with E-state index in [4.69, 9.17) is 4.74 Å². The molecule has 0 spiro atoms. The number of benzene rings is 1. The molecule has 0 aliphatic rings. The van der Waals surface area contributed by atoms with Crippen molar-refractivity contribution in [2.24, 2.45) is 0 Å². The van der Waals surface area contributed by atoms with E-state index >= 15 is 0 Å². The third-order valence-electron chi connectivity index (χ3n) is 3.19. The Morgan fingerprint density at radius 3 is 2.50 bits per heavy atom. The lowest BCUT2D eigenvalue weighted by Crippen LogP contribution is -2.36. The summed E-state index contributed by atoms with van der Waals surface area (Å²) in [7, 11) is 1.75. The predicted octanol–water partition coefficient (Wildman–Crippen LogP) is 2.82. The molecule has 2 atom stereocenters. The van der Waals surface area contributed by atoms with Crippen LogP contribution in [-0.2, 0) is 11.3 Å². The fourth-order valence-corrected chi connectivity index (χ4v) is 1.69. The first-order valence-corrected chi connectivity index (χ1v) is 5.87. The van der Waals surface area contributed by atoms with Crippen LogP contribution >= 0.6 is 0 Å². The van der Waals surface area contributed by atoms with Crippen LogP contribution in [0.2, 0.25) is 0 Å². The van der Waals surface area contributed by atoms with Gasteiger partial charge in [0.1, 0.15) is 0 Å². The zero-order valence-corrected chi connectivity index (χ0v) is 11.0. The number of methoxy groups -OCH3 is 1. The number of hydrogen-bond donors (Lipinski definition) is 1. The van der Waals surface area contributed by atoms with E-state index in [1.807, 2.05) is 0 Å². The summed E-state index contributed by atoms with van der Waals surface area (Å²) in [4.78, 5) is 0. The number of aryl methyl sites for hydroxylation is 2. The van der Waals surface area contributed by atoms with Crippen molar-refractivity contribution in [1.29, 1.82) is 0 Å². The average molecular weight is 221 g/mol. The van der Waals surface area contributed by atoms with Gasteiger partial charge in [-0.1, -0.05) is 23.8 Å². The van der Waals surface area contributed by atoms with Crippen molar-refractivity contribution in [2.45, 2.75) is 46.4 Å². The average Bonchev–Trinajstić information content (AvgIpc) is 2.26. The standard InChI is InChI=1S/C14H23NO/c1-10-6-7-14(11(2)8-10)9-15-12(3)13(4)16-5/h6-8,12-13,15H,9H2,1-5H3. The predicted molar refractivity (Wildman–Crippen MR) is 68.7 cm³/mol. The van der Waals surface area contributed by atoms with Gasteiger partial charge in [0, 0.05) is 19.7 Å². The highest BCUT2D eigenvalue weighted by molar-refractivity contribution is 5.30. The van der Waals surface area contributed by atoms with Crippen molar-refractivity contribution in [3.05, 3.63) is 34.9 Å². The Labute approximate surface area is 99.0 Å².